The van der Waals surface area contributed by atoms with Crippen LogP contribution < -0.4 is 5.32 Å². The smallest absolute Gasteiger partial charge is 0.271 e. The van der Waals surface area contributed by atoms with Gasteiger partial charge in [-0.2, -0.15) is 0 Å². The molecule has 0 spiro atoms. The molecule has 2 aromatic rings. The van der Waals surface area contributed by atoms with E-state index in [4.69, 9.17) is 0 Å². The molecular formula is C13H15N5O. The van der Waals surface area contributed by atoms with Gasteiger partial charge < -0.3 is 9.88 Å². The summed E-state index contributed by atoms with van der Waals surface area (Å²) < 4.78 is 2.08. The highest BCUT2D eigenvalue weighted by Crippen LogP contribution is 2.13. The van der Waals surface area contributed by atoms with Crippen LogP contribution in [0.1, 0.15) is 28.4 Å². The normalized spacial score (nSPS) is 17.8. The van der Waals surface area contributed by atoms with Crippen molar-refractivity contribution in [3.63, 3.8) is 0 Å². The maximum atomic E-state index is 12.0. The lowest BCUT2D eigenvalue weighted by Gasteiger charge is -2.24. The van der Waals surface area contributed by atoms with Gasteiger partial charge in [0.2, 0.25) is 0 Å². The number of carbonyl (C=O) groups is 1. The first kappa shape index (κ1) is 11.8. The van der Waals surface area contributed by atoms with Crippen LogP contribution >= 0.6 is 0 Å². The maximum absolute atomic E-state index is 12.0. The minimum absolute atomic E-state index is 0.123. The van der Waals surface area contributed by atoms with Crippen molar-refractivity contribution in [1.82, 2.24) is 24.8 Å². The molecule has 0 aliphatic carbocycles. The van der Waals surface area contributed by atoms with E-state index >= 15 is 0 Å². The first-order chi connectivity index (χ1) is 9.22. The van der Waals surface area contributed by atoms with Gasteiger partial charge in [0.15, 0.2) is 0 Å². The van der Waals surface area contributed by atoms with Crippen molar-refractivity contribution in [3.8, 4) is 0 Å². The lowest BCUT2D eigenvalue weighted by molar-refractivity contribution is 0.0922. The second-order valence-corrected chi connectivity index (χ2v) is 4.75. The second kappa shape index (κ2) is 4.79. The van der Waals surface area contributed by atoms with Gasteiger partial charge in [-0.15, -0.1) is 0 Å². The average molecular weight is 257 g/mol. The van der Waals surface area contributed by atoms with Crippen LogP contribution in [0.5, 0.6) is 0 Å². The number of nitrogens with one attached hydrogen (secondary N) is 1. The molecule has 1 aliphatic heterocycles. The summed E-state index contributed by atoms with van der Waals surface area (Å²) in [6, 6.07) is 0.123. The molecule has 0 unspecified atom stereocenters. The van der Waals surface area contributed by atoms with Gasteiger partial charge in [0.05, 0.1) is 11.9 Å². The van der Waals surface area contributed by atoms with Gasteiger partial charge >= 0.3 is 0 Å². The fraction of sp³-hybridized carbons (Fsp3) is 0.385. The van der Waals surface area contributed by atoms with Crippen molar-refractivity contribution in [1.29, 1.82) is 0 Å². The van der Waals surface area contributed by atoms with Crippen LogP contribution in [-0.4, -0.2) is 31.5 Å². The Morgan fingerprint density at radius 1 is 1.37 bits per heavy atom. The number of rotatable bonds is 2. The van der Waals surface area contributed by atoms with Crippen molar-refractivity contribution in [2.45, 2.75) is 32.4 Å². The summed E-state index contributed by atoms with van der Waals surface area (Å²) in [5.41, 5.74) is 1.17. The number of hydrogen-bond donors (Lipinski definition) is 1. The number of hydrogen-bond acceptors (Lipinski definition) is 4. The molecule has 1 amide bonds. The Balaban J connectivity index is 1.66. The molecule has 0 radical (unpaired) electrons. The predicted molar refractivity (Wildman–Crippen MR) is 68.6 cm³/mol. The van der Waals surface area contributed by atoms with Gasteiger partial charge in [0, 0.05) is 37.6 Å². The van der Waals surface area contributed by atoms with Gasteiger partial charge in [0.1, 0.15) is 11.5 Å². The van der Waals surface area contributed by atoms with Crippen molar-refractivity contribution in [2.75, 3.05) is 0 Å². The summed E-state index contributed by atoms with van der Waals surface area (Å²) in [4.78, 5) is 24.5. The number of amides is 1. The number of fused-ring (bicyclic) bond motifs is 1. The molecule has 2 aromatic heterocycles. The minimum atomic E-state index is -0.166. The van der Waals surface area contributed by atoms with E-state index in [1.54, 1.807) is 12.4 Å². The Morgan fingerprint density at radius 2 is 2.26 bits per heavy atom. The van der Waals surface area contributed by atoms with Crippen LogP contribution in [0.3, 0.4) is 0 Å². The summed E-state index contributed by atoms with van der Waals surface area (Å²) in [6.07, 6.45) is 8.64. The fourth-order valence-electron chi connectivity index (χ4n) is 2.25. The lowest BCUT2D eigenvalue weighted by atomic mass is 10.1. The first-order valence-corrected chi connectivity index (χ1v) is 6.32. The molecule has 0 bridgehead atoms. The van der Waals surface area contributed by atoms with E-state index < -0.39 is 0 Å². The third-order valence-corrected chi connectivity index (χ3v) is 3.28. The van der Waals surface area contributed by atoms with E-state index in [0.29, 0.717) is 5.69 Å². The van der Waals surface area contributed by atoms with E-state index in [0.717, 1.165) is 30.9 Å². The van der Waals surface area contributed by atoms with Crippen molar-refractivity contribution in [3.05, 3.63) is 42.0 Å². The molecule has 3 rings (SSSR count). The molecule has 6 nitrogen and oxygen atoms in total. The Labute approximate surface area is 110 Å². The van der Waals surface area contributed by atoms with Crippen LogP contribution in [0.2, 0.25) is 0 Å². The molecule has 1 N–H and O–H groups in total. The van der Waals surface area contributed by atoms with Crippen LogP contribution in [-0.2, 0) is 13.0 Å². The third kappa shape index (κ3) is 2.47. The third-order valence-electron chi connectivity index (χ3n) is 3.28. The zero-order chi connectivity index (χ0) is 13.2. The molecule has 1 atom stereocenters. The highest BCUT2D eigenvalue weighted by atomic mass is 16.1. The highest BCUT2D eigenvalue weighted by Gasteiger charge is 2.21. The first-order valence-electron chi connectivity index (χ1n) is 6.32. The molecule has 19 heavy (non-hydrogen) atoms. The van der Waals surface area contributed by atoms with Gasteiger partial charge in [-0.3, -0.25) is 9.78 Å². The van der Waals surface area contributed by atoms with Gasteiger partial charge in [-0.05, 0) is 13.3 Å². The molecule has 0 aromatic carbocycles. The summed E-state index contributed by atoms with van der Waals surface area (Å²) in [6.45, 7) is 2.61. The van der Waals surface area contributed by atoms with Gasteiger partial charge in [-0.25, -0.2) is 9.97 Å². The molecule has 0 saturated carbocycles. The number of aryl methyl sites for hydroxylation is 2. The topological polar surface area (TPSA) is 72.7 Å². The Bertz CT molecular complexity index is 589. The van der Waals surface area contributed by atoms with Crippen molar-refractivity contribution < 1.29 is 4.79 Å². The Hall–Kier alpha value is -2.24. The van der Waals surface area contributed by atoms with E-state index in [1.807, 2.05) is 13.1 Å². The van der Waals surface area contributed by atoms with Crippen molar-refractivity contribution in [2.24, 2.45) is 0 Å². The lowest BCUT2D eigenvalue weighted by Crippen LogP contribution is -2.41. The number of nitrogens with zero attached hydrogens (tertiary/aromatic N) is 4. The summed E-state index contributed by atoms with van der Waals surface area (Å²) in [5, 5.41) is 3.00. The fourth-order valence-corrected chi connectivity index (χ4v) is 2.25. The zero-order valence-electron chi connectivity index (χ0n) is 10.7. The SMILES string of the molecule is Cc1cnc(C(=O)N[C@H]2CCc3nccn3C2)cn1. The maximum Gasteiger partial charge on any atom is 0.271 e. The standard InChI is InChI=1S/C13H15N5O/c1-9-6-16-11(7-15-9)13(19)17-10-2-3-12-14-4-5-18(12)8-10/h4-7,10H,2-3,8H2,1H3,(H,17,19)/t10-/m0/s1. The molecule has 3 heterocycles. The monoisotopic (exact) mass is 257 g/mol. The number of aromatic nitrogens is 4. The van der Waals surface area contributed by atoms with Crippen LogP contribution in [0, 0.1) is 6.92 Å². The van der Waals surface area contributed by atoms with E-state index in [-0.39, 0.29) is 11.9 Å². The summed E-state index contributed by atoms with van der Waals surface area (Å²) in [7, 11) is 0. The van der Waals surface area contributed by atoms with E-state index in [9.17, 15) is 4.79 Å². The highest BCUT2D eigenvalue weighted by molar-refractivity contribution is 5.92. The van der Waals surface area contributed by atoms with Crippen LogP contribution in [0.15, 0.2) is 24.8 Å². The minimum Gasteiger partial charge on any atom is -0.346 e. The average Bonchev–Trinajstić information content (AvgIpc) is 2.87. The number of imidazole rings is 1. The van der Waals surface area contributed by atoms with Crippen LogP contribution in [0.4, 0.5) is 0 Å². The molecule has 1 aliphatic rings. The molecule has 0 fully saturated rings. The summed E-state index contributed by atoms with van der Waals surface area (Å²) >= 11 is 0. The van der Waals surface area contributed by atoms with Crippen LogP contribution in [0.25, 0.3) is 0 Å². The second-order valence-electron chi connectivity index (χ2n) is 4.75. The van der Waals surface area contributed by atoms with E-state index in [1.165, 1.54) is 6.20 Å². The Morgan fingerprint density at radius 3 is 3.05 bits per heavy atom. The zero-order valence-corrected chi connectivity index (χ0v) is 10.7. The largest absolute Gasteiger partial charge is 0.346 e. The molecule has 6 heteroatoms. The Kier molecular flexibility index (Phi) is 2.98. The number of carbonyl (C=O) groups excluding carboxylic acids is 1. The van der Waals surface area contributed by atoms with Gasteiger partial charge in [0.25, 0.3) is 5.91 Å². The van der Waals surface area contributed by atoms with E-state index in [2.05, 4.69) is 24.8 Å². The summed E-state index contributed by atoms with van der Waals surface area (Å²) in [5.74, 6) is 0.918. The molecular weight excluding hydrogens is 242 g/mol. The quantitative estimate of drug-likeness (QED) is 0.860. The van der Waals surface area contributed by atoms with Crippen molar-refractivity contribution >= 4 is 5.91 Å². The molecule has 0 saturated heterocycles. The predicted octanol–water partition coefficient (Wildman–Crippen LogP) is 0.726. The molecule has 98 valence electrons. The van der Waals surface area contributed by atoms with Gasteiger partial charge in [-0.1, -0.05) is 0 Å².